The highest BCUT2D eigenvalue weighted by Crippen LogP contribution is 2.25. The Hall–Kier alpha value is -0.300. The van der Waals surface area contributed by atoms with Crippen molar-refractivity contribution in [1.82, 2.24) is 0 Å². The number of nitrogens with two attached hydrogens (primary N) is 1. The summed E-state index contributed by atoms with van der Waals surface area (Å²) in [6, 6.07) is 0. The molecule has 1 heteroatoms. The monoisotopic (exact) mass is 153 g/mol. The third-order valence-corrected chi connectivity index (χ3v) is 2.53. The molecule has 11 heavy (non-hydrogen) atoms. The van der Waals surface area contributed by atoms with Gasteiger partial charge in [0.1, 0.15) is 0 Å². The van der Waals surface area contributed by atoms with E-state index in [1.165, 1.54) is 32.1 Å². The summed E-state index contributed by atoms with van der Waals surface area (Å²) in [4.78, 5) is 0. The first kappa shape index (κ1) is 8.79. The van der Waals surface area contributed by atoms with Gasteiger partial charge >= 0.3 is 0 Å². The molecule has 0 aromatic carbocycles. The fraction of sp³-hybridized carbons (Fsp3) is 0.800. The minimum Gasteiger partial charge on any atom is -0.325 e. The maximum Gasteiger partial charge on any atom is 0.0192 e. The molecule has 0 saturated carbocycles. The maximum atomic E-state index is 6.19. The van der Waals surface area contributed by atoms with Gasteiger partial charge in [0.15, 0.2) is 0 Å². The Balaban J connectivity index is 2.33. The van der Waals surface area contributed by atoms with E-state index in [0.29, 0.717) is 0 Å². The van der Waals surface area contributed by atoms with Crippen LogP contribution in [0.1, 0.15) is 45.4 Å². The number of hydrogen-bond donors (Lipinski definition) is 1. The van der Waals surface area contributed by atoms with Crippen molar-refractivity contribution >= 4 is 0 Å². The molecule has 0 saturated heterocycles. The van der Waals surface area contributed by atoms with Gasteiger partial charge in [-0.25, -0.2) is 0 Å². The van der Waals surface area contributed by atoms with E-state index in [1.54, 1.807) is 0 Å². The molecular formula is C10H19N. The molecule has 0 radical (unpaired) electrons. The van der Waals surface area contributed by atoms with Crippen LogP contribution in [0.5, 0.6) is 0 Å². The molecule has 1 nitrogen and oxygen atoms in total. The molecule has 1 unspecified atom stereocenters. The second-order valence-corrected chi connectivity index (χ2v) is 3.68. The Morgan fingerprint density at radius 1 is 1.45 bits per heavy atom. The van der Waals surface area contributed by atoms with Crippen LogP contribution >= 0.6 is 0 Å². The highest BCUT2D eigenvalue weighted by molar-refractivity contribution is 5.00. The average molecular weight is 153 g/mol. The molecule has 0 fully saturated rings. The van der Waals surface area contributed by atoms with E-state index < -0.39 is 0 Å². The highest BCUT2D eigenvalue weighted by Gasteiger charge is 2.23. The molecule has 0 spiro atoms. The van der Waals surface area contributed by atoms with Gasteiger partial charge in [0, 0.05) is 5.54 Å². The van der Waals surface area contributed by atoms with Crippen LogP contribution in [0, 0.1) is 0 Å². The van der Waals surface area contributed by atoms with Crippen molar-refractivity contribution in [2.45, 2.75) is 51.0 Å². The van der Waals surface area contributed by atoms with Crippen LogP contribution < -0.4 is 5.73 Å². The van der Waals surface area contributed by atoms with Crippen molar-refractivity contribution in [3.8, 4) is 0 Å². The van der Waals surface area contributed by atoms with E-state index in [2.05, 4.69) is 19.1 Å². The topological polar surface area (TPSA) is 26.0 Å². The van der Waals surface area contributed by atoms with Crippen molar-refractivity contribution in [3.05, 3.63) is 12.2 Å². The van der Waals surface area contributed by atoms with E-state index in [9.17, 15) is 0 Å². The molecule has 1 aliphatic rings. The van der Waals surface area contributed by atoms with Crippen LogP contribution in [-0.4, -0.2) is 5.54 Å². The van der Waals surface area contributed by atoms with Crippen molar-refractivity contribution < 1.29 is 0 Å². The first-order valence-electron chi connectivity index (χ1n) is 4.71. The first-order chi connectivity index (χ1) is 5.27. The Labute approximate surface area is 69.7 Å². The summed E-state index contributed by atoms with van der Waals surface area (Å²) in [5, 5.41) is 0. The molecule has 0 aliphatic heterocycles. The second kappa shape index (κ2) is 3.91. The second-order valence-electron chi connectivity index (χ2n) is 3.68. The fourth-order valence-corrected chi connectivity index (χ4v) is 1.66. The van der Waals surface area contributed by atoms with Gasteiger partial charge in [-0.05, 0) is 25.7 Å². The molecule has 0 aromatic rings. The third-order valence-electron chi connectivity index (χ3n) is 2.53. The van der Waals surface area contributed by atoms with Crippen LogP contribution in [-0.2, 0) is 0 Å². The number of hydrogen-bond acceptors (Lipinski definition) is 1. The first-order valence-corrected chi connectivity index (χ1v) is 4.71. The Morgan fingerprint density at radius 2 is 2.27 bits per heavy atom. The fourth-order valence-electron chi connectivity index (χ4n) is 1.66. The zero-order chi connectivity index (χ0) is 8.16. The number of unbranched alkanes of at least 4 members (excludes halogenated alkanes) is 1. The van der Waals surface area contributed by atoms with Crippen LogP contribution in [0.3, 0.4) is 0 Å². The summed E-state index contributed by atoms with van der Waals surface area (Å²) in [5.74, 6) is 0. The van der Waals surface area contributed by atoms with Gasteiger partial charge < -0.3 is 5.73 Å². The summed E-state index contributed by atoms with van der Waals surface area (Å²) in [6.45, 7) is 2.22. The van der Waals surface area contributed by atoms with E-state index in [0.717, 1.165) is 6.42 Å². The molecule has 0 bridgehead atoms. The van der Waals surface area contributed by atoms with Crippen LogP contribution in [0.15, 0.2) is 12.2 Å². The molecule has 0 amide bonds. The Bertz CT molecular complexity index is 140. The highest BCUT2D eigenvalue weighted by atomic mass is 14.7. The summed E-state index contributed by atoms with van der Waals surface area (Å²) in [7, 11) is 0. The zero-order valence-electron chi connectivity index (χ0n) is 7.47. The number of allylic oxidation sites excluding steroid dienone is 1. The lowest BCUT2D eigenvalue weighted by molar-refractivity contribution is 0.349. The van der Waals surface area contributed by atoms with E-state index >= 15 is 0 Å². The predicted molar refractivity (Wildman–Crippen MR) is 49.4 cm³/mol. The van der Waals surface area contributed by atoms with E-state index in [-0.39, 0.29) is 5.54 Å². The molecule has 1 atom stereocenters. The summed E-state index contributed by atoms with van der Waals surface area (Å²) in [6.07, 6.45) is 11.7. The lowest BCUT2D eigenvalue weighted by Gasteiger charge is -2.30. The summed E-state index contributed by atoms with van der Waals surface area (Å²) in [5.41, 5.74) is 6.34. The number of rotatable bonds is 3. The largest absolute Gasteiger partial charge is 0.325 e. The third kappa shape index (κ3) is 2.66. The van der Waals surface area contributed by atoms with Gasteiger partial charge in [0.25, 0.3) is 0 Å². The molecule has 1 rings (SSSR count). The van der Waals surface area contributed by atoms with Gasteiger partial charge in [-0.2, -0.15) is 0 Å². The van der Waals surface area contributed by atoms with Crippen LogP contribution in [0.4, 0.5) is 0 Å². The van der Waals surface area contributed by atoms with E-state index in [4.69, 9.17) is 5.73 Å². The van der Waals surface area contributed by atoms with Crippen LogP contribution in [0.25, 0.3) is 0 Å². The maximum absolute atomic E-state index is 6.19. The predicted octanol–water partition coefficient (Wildman–Crippen LogP) is 2.61. The minimum atomic E-state index is 0.144. The van der Waals surface area contributed by atoms with Gasteiger partial charge in [-0.15, -0.1) is 0 Å². The Morgan fingerprint density at radius 3 is 2.82 bits per heavy atom. The zero-order valence-corrected chi connectivity index (χ0v) is 7.47. The molecule has 0 heterocycles. The Kier molecular flexibility index (Phi) is 3.13. The summed E-state index contributed by atoms with van der Waals surface area (Å²) >= 11 is 0. The SMILES string of the molecule is CCCCC1(N)CC=CCC1. The lowest BCUT2D eigenvalue weighted by atomic mass is 9.82. The van der Waals surface area contributed by atoms with Crippen molar-refractivity contribution in [2.75, 3.05) is 0 Å². The quantitative estimate of drug-likeness (QED) is 0.620. The normalized spacial score (nSPS) is 30.7. The molecule has 0 aromatic heterocycles. The standard InChI is InChI=1S/C10H19N/c1-2-3-7-10(11)8-5-4-6-9-10/h4-5H,2-3,6-9,11H2,1H3. The van der Waals surface area contributed by atoms with Crippen molar-refractivity contribution in [3.63, 3.8) is 0 Å². The van der Waals surface area contributed by atoms with Gasteiger partial charge in [0.05, 0.1) is 0 Å². The molecule has 2 N–H and O–H groups in total. The lowest BCUT2D eigenvalue weighted by Crippen LogP contribution is -2.40. The van der Waals surface area contributed by atoms with Crippen LogP contribution in [0.2, 0.25) is 0 Å². The van der Waals surface area contributed by atoms with E-state index in [1.807, 2.05) is 0 Å². The molecular weight excluding hydrogens is 134 g/mol. The minimum absolute atomic E-state index is 0.144. The molecule has 1 aliphatic carbocycles. The van der Waals surface area contributed by atoms with Crippen molar-refractivity contribution in [1.29, 1.82) is 0 Å². The summed E-state index contributed by atoms with van der Waals surface area (Å²) < 4.78 is 0. The van der Waals surface area contributed by atoms with Gasteiger partial charge in [0.2, 0.25) is 0 Å². The average Bonchev–Trinajstić information content (AvgIpc) is 2.03. The smallest absolute Gasteiger partial charge is 0.0192 e. The van der Waals surface area contributed by atoms with Gasteiger partial charge in [-0.1, -0.05) is 31.9 Å². The van der Waals surface area contributed by atoms with Crippen molar-refractivity contribution in [2.24, 2.45) is 5.73 Å². The molecule has 64 valence electrons. The van der Waals surface area contributed by atoms with Gasteiger partial charge in [-0.3, -0.25) is 0 Å².